The van der Waals surface area contributed by atoms with Crippen LogP contribution < -0.4 is 0 Å². The number of nitrogens with zero attached hydrogens (tertiary/aromatic N) is 12. The molecule has 0 saturated heterocycles. The Hall–Kier alpha value is -16.8. The van der Waals surface area contributed by atoms with Gasteiger partial charge in [-0.1, -0.05) is 206 Å². The molecule has 16 aromatic carbocycles. The van der Waals surface area contributed by atoms with Crippen molar-refractivity contribution in [1.29, 1.82) is 0 Å². The fraction of sp³-hybridized carbons (Fsp3) is 0. The van der Waals surface area contributed by atoms with Gasteiger partial charge in [-0.15, -0.1) is 0 Å². The maximum absolute atomic E-state index is 7.51. The molecule has 10 aromatic heterocycles. The number of aromatic nitrogens is 12. The van der Waals surface area contributed by atoms with Gasteiger partial charge in [-0.2, -0.15) is 0 Å². The van der Waals surface area contributed by atoms with Crippen LogP contribution in [0, 0.1) is 0 Å². The zero-order chi connectivity index (χ0) is 79.8. The Labute approximate surface area is 694 Å². The van der Waals surface area contributed by atoms with Gasteiger partial charge in [-0.05, 0) is 185 Å². The molecule has 26 aromatic rings. The molecule has 0 aliphatic heterocycles. The fourth-order valence-corrected chi connectivity index (χ4v) is 19.1. The first-order valence-corrected chi connectivity index (χ1v) is 40.9. The minimum Gasteiger partial charge on any atom is -0.455 e. The van der Waals surface area contributed by atoms with Crippen molar-refractivity contribution in [1.82, 2.24) is 58.1 Å². The highest BCUT2D eigenvalue weighted by molar-refractivity contribution is 6.37. The van der Waals surface area contributed by atoms with E-state index in [0.29, 0.717) is 34.9 Å². The summed E-state index contributed by atoms with van der Waals surface area (Å²) in [5.74, 6) is 3.52. The van der Waals surface area contributed by atoms with E-state index in [0.717, 1.165) is 188 Å². The van der Waals surface area contributed by atoms with E-state index in [9.17, 15) is 0 Å². The van der Waals surface area contributed by atoms with E-state index >= 15 is 0 Å². The zero-order valence-electron chi connectivity index (χ0n) is 65.0. The van der Waals surface area contributed by atoms with Crippen LogP contribution in [0.5, 0.6) is 0 Å². The molecule has 122 heavy (non-hydrogen) atoms. The summed E-state index contributed by atoms with van der Waals surface area (Å²) in [4.78, 5) is 40.9. The van der Waals surface area contributed by atoms with Crippen molar-refractivity contribution < 1.29 is 8.83 Å². The summed E-state index contributed by atoms with van der Waals surface area (Å²) in [6.45, 7) is 0. The highest BCUT2D eigenvalue weighted by Crippen LogP contribution is 2.50. The molecule has 566 valence electrons. The van der Waals surface area contributed by atoms with E-state index in [1.165, 1.54) is 32.4 Å². The predicted octanol–water partition coefficient (Wildman–Crippen LogP) is 27.0. The molecule has 14 nitrogen and oxygen atoms in total. The lowest BCUT2D eigenvalue weighted by molar-refractivity contribution is 0.676. The second-order valence-electron chi connectivity index (χ2n) is 31.2. The molecule has 10 heterocycles. The SMILES string of the molecule is c1ccc(-c2nc(-c3ccccc3)nc(-c3ccc(-n4c5cccnc5c5c6oc7c(ccc8c7c7ncccc7n8-c7ccc(-c8cccc(-c9nc(-c%10ccccc%10)nc(-c%10ccc(-n%11c%12ccccc%12c%12c%13oc%14c(ccc%15c%14c%14c%16ccccc%16c%16ccccc%16c%14n%15-c%14ccccc%14)c%13ccc%12%11)cc%10)n9)c8)cc7)c6ccc54)cc3)n2)cc1. The summed E-state index contributed by atoms with van der Waals surface area (Å²) in [5.41, 5.74) is 24.5. The molecule has 0 aliphatic rings. The summed E-state index contributed by atoms with van der Waals surface area (Å²) in [5, 5.41) is 15.3. The molecule has 0 fully saturated rings. The van der Waals surface area contributed by atoms with Crippen molar-refractivity contribution in [3.05, 3.63) is 376 Å². The van der Waals surface area contributed by atoms with Gasteiger partial charge in [0.05, 0.1) is 65.7 Å². The first kappa shape index (κ1) is 67.3. The van der Waals surface area contributed by atoms with E-state index in [-0.39, 0.29) is 0 Å². The maximum atomic E-state index is 7.51. The van der Waals surface area contributed by atoms with Crippen molar-refractivity contribution >= 4 is 153 Å². The molecule has 0 aliphatic carbocycles. The van der Waals surface area contributed by atoms with Crippen LogP contribution in [0.1, 0.15) is 0 Å². The number of hydrogen-bond acceptors (Lipinski definition) is 10. The Morgan fingerprint density at radius 3 is 0.992 bits per heavy atom. The van der Waals surface area contributed by atoms with Crippen LogP contribution in [0.2, 0.25) is 0 Å². The third-order valence-electron chi connectivity index (χ3n) is 24.5. The van der Waals surface area contributed by atoms with Crippen LogP contribution in [0.3, 0.4) is 0 Å². The number of rotatable bonds is 11. The first-order chi connectivity index (χ1) is 60.5. The summed E-state index contributed by atoms with van der Waals surface area (Å²) in [6, 6.07) is 128. The first-order valence-electron chi connectivity index (χ1n) is 40.9. The van der Waals surface area contributed by atoms with Crippen molar-refractivity contribution in [2.75, 3.05) is 0 Å². The van der Waals surface area contributed by atoms with E-state index in [1.54, 1.807) is 0 Å². The van der Waals surface area contributed by atoms with E-state index in [4.69, 9.17) is 48.7 Å². The van der Waals surface area contributed by atoms with Gasteiger partial charge in [0, 0.05) is 106 Å². The summed E-state index contributed by atoms with van der Waals surface area (Å²) < 4.78 is 24.2. The molecule has 14 heteroatoms. The van der Waals surface area contributed by atoms with Crippen LogP contribution in [-0.2, 0) is 0 Å². The lowest BCUT2D eigenvalue weighted by atomic mass is 9.96. The van der Waals surface area contributed by atoms with E-state index in [2.05, 4.69) is 279 Å². The van der Waals surface area contributed by atoms with Gasteiger partial charge in [0.15, 0.2) is 34.9 Å². The number of fused-ring (bicyclic) bond motifs is 27. The molecule has 0 unspecified atom stereocenters. The van der Waals surface area contributed by atoms with Crippen molar-refractivity contribution in [3.8, 4) is 102 Å². The molecular formula is C108H62N12O2. The standard InChI is InChI=1S/C108H62N12O2/c1-5-22-64(23-6-1)103-111-104(65-24-7-2-8-25-65)113-106(112-103)67-44-50-74(51-45-67)119-88-59-55-82-81-54-58-87-94(101(81)122-102(82)95(88)97-90(119)39-21-61-110-97)96-89(38-20-60-109-96)118(87)73-46-40-63(41-47-73)69-28-19-29-70(62-69)108-115-105(66-26-9-3-10-27-66)114-107(116-108)68-42-48-72(49-43-68)117-84-37-18-17-36-83(84)91-85(117)56-52-79-80-53-57-86-93(100(80)121-99(79)91)92-77-34-15-13-32-75(77)76-33-14-16-35-78(76)98(92)120(86)71-30-11-4-12-31-71/h1-62H. The number of hydrogen-bond donors (Lipinski definition) is 0. The van der Waals surface area contributed by atoms with Gasteiger partial charge in [0.1, 0.15) is 33.4 Å². The number of benzene rings is 16. The van der Waals surface area contributed by atoms with Crippen molar-refractivity contribution in [2.24, 2.45) is 0 Å². The largest absolute Gasteiger partial charge is 0.455 e. The summed E-state index contributed by atoms with van der Waals surface area (Å²) in [6.07, 6.45) is 3.72. The second-order valence-corrected chi connectivity index (χ2v) is 31.2. The van der Waals surface area contributed by atoms with Crippen molar-refractivity contribution in [2.45, 2.75) is 0 Å². The smallest absolute Gasteiger partial charge is 0.164 e. The third kappa shape index (κ3) is 10.1. The Morgan fingerprint density at radius 1 is 0.180 bits per heavy atom. The van der Waals surface area contributed by atoms with E-state index < -0.39 is 0 Å². The molecule has 0 atom stereocenters. The molecule has 0 amide bonds. The third-order valence-corrected chi connectivity index (χ3v) is 24.5. The topological polar surface area (TPSA) is 149 Å². The van der Waals surface area contributed by atoms with Gasteiger partial charge >= 0.3 is 0 Å². The predicted molar refractivity (Wildman–Crippen MR) is 494 cm³/mol. The average Bonchev–Trinajstić information content (AvgIpc) is 1.52. The highest BCUT2D eigenvalue weighted by Gasteiger charge is 2.29. The Bertz CT molecular complexity index is 8800. The van der Waals surface area contributed by atoms with Gasteiger partial charge in [0.25, 0.3) is 0 Å². The average molecular weight is 1560 g/mol. The zero-order valence-corrected chi connectivity index (χ0v) is 65.0. The molecule has 0 bridgehead atoms. The van der Waals surface area contributed by atoms with Gasteiger partial charge in [-0.25, -0.2) is 29.9 Å². The van der Waals surface area contributed by atoms with Gasteiger partial charge in [-0.3, -0.25) is 9.97 Å². The van der Waals surface area contributed by atoms with Crippen LogP contribution in [-0.4, -0.2) is 58.1 Å². The number of para-hydroxylation sites is 2. The van der Waals surface area contributed by atoms with Gasteiger partial charge < -0.3 is 27.1 Å². The lowest BCUT2D eigenvalue weighted by Crippen LogP contribution is -2.00. The minimum atomic E-state index is 0.563. The quantitative estimate of drug-likeness (QED) is 0.115. The summed E-state index contributed by atoms with van der Waals surface area (Å²) >= 11 is 0. The van der Waals surface area contributed by atoms with Crippen LogP contribution in [0.25, 0.3) is 255 Å². The lowest BCUT2D eigenvalue weighted by Gasteiger charge is -2.12. The normalized spacial score (nSPS) is 12.1. The minimum absolute atomic E-state index is 0.563. The second kappa shape index (κ2) is 26.3. The molecular weight excluding hydrogens is 1500 g/mol. The Morgan fingerprint density at radius 2 is 0.508 bits per heavy atom. The van der Waals surface area contributed by atoms with E-state index in [1.807, 2.05) is 116 Å². The molecule has 0 radical (unpaired) electrons. The number of furan rings is 2. The van der Waals surface area contributed by atoms with Crippen molar-refractivity contribution in [3.63, 3.8) is 0 Å². The Balaban J connectivity index is 0.539. The molecule has 0 spiro atoms. The van der Waals surface area contributed by atoms with Crippen LogP contribution in [0.4, 0.5) is 0 Å². The van der Waals surface area contributed by atoms with Gasteiger partial charge in [0.2, 0.25) is 0 Å². The Kier molecular flexibility index (Phi) is 14.5. The molecule has 0 N–H and O–H groups in total. The molecule has 26 rings (SSSR count). The monoisotopic (exact) mass is 1560 g/mol. The van der Waals surface area contributed by atoms with Crippen LogP contribution >= 0.6 is 0 Å². The maximum Gasteiger partial charge on any atom is 0.164 e. The summed E-state index contributed by atoms with van der Waals surface area (Å²) in [7, 11) is 0. The number of pyridine rings is 2. The fourth-order valence-electron chi connectivity index (χ4n) is 19.1. The molecule has 0 saturated carbocycles. The van der Waals surface area contributed by atoms with Crippen LogP contribution in [0.15, 0.2) is 385 Å². The highest BCUT2D eigenvalue weighted by atomic mass is 16.3.